The minimum Gasteiger partial charge on any atom is -0.407 e. The smallest absolute Gasteiger partial charge is 0.322 e. The fraction of sp³-hybridized carbons (Fsp3) is 0.500. The number of benzene rings is 1. The molecule has 0 aliphatic carbocycles. The molecule has 0 radical (unpaired) electrons. The summed E-state index contributed by atoms with van der Waals surface area (Å²) in [5.74, 6) is 1.20. The Morgan fingerprint density at radius 3 is 2.46 bits per heavy atom. The number of amides is 1. The molecule has 0 unspecified atom stereocenters. The summed E-state index contributed by atoms with van der Waals surface area (Å²) in [5, 5.41) is 10.1. The highest BCUT2D eigenvalue weighted by Crippen LogP contribution is 2.26. The van der Waals surface area contributed by atoms with Crippen molar-refractivity contribution in [2.75, 3.05) is 24.7 Å². The third-order valence-corrected chi connectivity index (χ3v) is 6.93. The molecule has 2 heterocycles. The molecule has 10 heteroatoms. The lowest BCUT2D eigenvalue weighted by Gasteiger charge is -2.34. The molecule has 28 heavy (non-hydrogen) atoms. The van der Waals surface area contributed by atoms with Crippen LogP contribution in [0.2, 0.25) is 0 Å². The van der Waals surface area contributed by atoms with Crippen molar-refractivity contribution in [3.8, 4) is 0 Å². The summed E-state index contributed by atoms with van der Waals surface area (Å²) in [6.45, 7) is 5.16. The van der Waals surface area contributed by atoms with Crippen LogP contribution in [0.5, 0.6) is 0 Å². The van der Waals surface area contributed by atoms with Crippen molar-refractivity contribution in [3.05, 3.63) is 35.7 Å². The quantitative estimate of drug-likeness (QED) is 0.760. The first-order chi connectivity index (χ1) is 13.3. The van der Waals surface area contributed by atoms with E-state index >= 15 is 0 Å². The topological polar surface area (TPSA) is 105 Å². The Morgan fingerprint density at radius 1 is 1.21 bits per heavy atom. The van der Waals surface area contributed by atoms with Crippen molar-refractivity contribution in [1.29, 1.82) is 0 Å². The summed E-state index contributed by atoms with van der Waals surface area (Å²) in [7, 11) is -3.57. The first-order valence-electron chi connectivity index (χ1n) is 9.02. The van der Waals surface area contributed by atoms with E-state index in [-0.39, 0.29) is 10.9 Å². The largest absolute Gasteiger partial charge is 0.407 e. The van der Waals surface area contributed by atoms with Crippen molar-refractivity contribution in [2.45, 2.75) is 30.9 Å². The second-order valence-electron chi connectivity index (χ2n) is 7.18. The van der Waals surface area contributed by atoms with Crippen molar-refractivity contribution in [1.82, 2.24) is 14.5 Å². The molecule has 152 valence electrons. The molecule has 0 saturated carbocycles. The standard InChI is InChI=1S/C18H24N4O4S2/c1-12-8-13(2)10-22(9-12)28(24,25)15-6-4-14(5-7-15)17(23)19-18-21-20-16(26-18)11-27-3/h4-7,12-13H,8-11H2,1-3H3,(H,19,21,23)/t12-,13+. The Hall–Kier alpha value is -1.91. The molecule has 1 aliphatic rings. The first-order valence-corrected chi connectivity index (χ1v) is 11.9. The molecule has 1 aromatic carbocycles. The number of anilines is 1. The van der Waals surface area contributed by atoms with Gasteiger partial charge in [-0.25, -0.2) is 8.42 Å². The number of piperidine rings is 1. The second kappa shape index (κ2) is 8.62. The van der Waals surface area contributed by atoms with Gasteiger partial charge in [-0.1, -0.05) is 18.9 Å². The number of nitrogens with zero attached hydrogens (tertiary/aromatic N) is 3. The normalized spacial score (nSPS) is 20.8. The van der Waals surface area contributed by atoms with Crippen LogP contribution in [-0.2, 0) is 15.8 Å². The number of sulfonamides is 1. The van der Waals surface area contributed by atoms with E-state index in [9.17, 15) is 13.2 Å². The molecule has 0 bridgehead atoms. The van der Waals surface area contributed by atoms with E-state index in [1.165, 1.54) is 40.3 Å². The van der Waals surface area contributed by atoms with Gasteiger partial charge in [-0.2, -0.15) is 16.1 Å². The summed E-state index contributed by atoms with van der Waals surface area (Å²) >= 11 is 1.53. The molecular weight excluding hydrogens is 400 g/mol. The Kier molecular flexibility index (Phi) is 6.41. The van der Waals surface area contributed by atoms with Gasteiger partial charge in [0.2, 0.25) is 15.9 Å². The summed E-state index contributed by atoms with van der Waals surface area (Å²) < 4.78 is 32.7. The molecule has 2 aromatic rings. The number of nitrogens with one attached hydrogen (secondary N) is 1. The first kappa shape index (κ1) is 20.8. The van der Waals surface area contributed by atoms with Crippen molar-refractivity contribution in [3.63, 3.8) is 0 Å². The van der Waals surface area contributed by atoms with Crippen LogP contribution in [0.15, 0.2) is 33.6 Å². The van der Waals surface area contributed by atoms with Gasteiger partial charge in [0.15, 0.2) is 0 Å². The Balaban J connectivity index is 1.70. The van der Waals surface area contributed by atoms with Gasteiger partial charge in [-0.15, -0.1) is 5.10 Å². The fourth-order valence-electron chi connectivity index (χ4n) is 3.38. The van der Waals surface area contributed by atoms with Crippen LogP contribution in [0.1, 0.15) is 36.5 Å². The maximum atomic E-state index is 12.9. The number of hydrogen-bond acceptors (Lipinski definition) is 7. The molecule has 1 N–H and O–H groups in total. The molecule has 1 aromatic heterocycles. The lowest BCUT2D eigenvalue weighted by Crippen LogP contribution is -2.42. The fourth-order valence-corrected chi connectivity index (χ4v) is 5.43. The van der Waals surface area contributed by atoms with Gasteiger partial charge in [-0.05, 0) is 48.8 Å². The average Bonchev–Trinajstić information content (AvgIpc) is 3.08. The van der Waals surface area contributed by atoms with Gasteiger partial charge in [0.05, 0.1) is 10.6 Å². The number of aromatic nitrogens is 2. The van der Waals surface area contributed by atoms with Crippen molar-refractivity contribution >= 4 is 33.7 Å². The van der Waals surface area contributed by atoms with Crippen LogP contribution >= 0.6 is 11.8 Å². The van der Waals surface area contributed by atoms with E-state index in [1.807, 2.05) is 6.26 Å². The zero-order valence-corrected chi connectivity index (χ0v) is 17.7. The summed E-state index contributed by atoms with van der Waals surface area (Å²) in [6.07, 6.45) is 2.93. The Labute approximate surface area is 169 Å². The highest BCUT2D eigenvalue weighted by molar-refractivity contribution is 7.97. The molecule has 3 rings (SSSR count). The van der Waals surface area contributed by atoms with Gasteiger partial charge in [0.25, 0.3) is 5.91 Å². The number of thioether (sulfide) groups is 1. The van der Waals surface area contributed by atoms with Gasteiger partial charge >= 0.3 is 6.01 Å². The number of carbonyl (C=O) groups excluding carboxylic acids is 1. The molecule has 1 fully saturated rings. The SMILES string of the molecule is CSCc1nnc(NC(=O)c2ccc(S(=O)(=O)N3C[C@H](C)C[C@H](C)C3)cc2)o1. The van der Waals surface area contributed by atoms with E-state index in [1.54, 1.807) is 0 Å². The Morgan fingerprint density at radius 2 is 1.86 bits per heavy atom. The zero-order valence-electron chi connectivity index (χ0n) is 16.1. The molecule has 1 aliphatic heterocycles. The minimum atomic E-state index is -3.57. The van der Waals surface area contributed by atoms with Gasteiger partial charge in [0, 0.05) is 18.7 Å². The Bertz CT molecular complexity index is 917. The summed E-state index contributed by atoms with van der Waals surface area (Å²) in [4.78, 5) is 12.5. The molecule has 1 saturated heterocycles. The summed E-state index contributed by atoms with van der Waals surface area (Å²) in [6, 6.07) is 5.90. The minimum absolute atomic E-state index is 0.0158. The third kappa shape index (κ3) is 4.73. The number of hydrogen-bond donors (Lipinski definition) is 1. The van der Waals surface area contributed by atoms with Crippen molar-refractivity contribution in [2.24, 2.45) is 11.8 Å². The maximum Gasteiger partial charge on any atom is 0.322 e. The van der Waals surface area contributed by atoms with Crippen LogP contribution in [0.4, 0.5) is 6.01 Å². The summed E-state index contributed by atoms with van der Waals surface area (Å²) in [5.41, 5.74) is 0.309. The van der Waals surface area contributed by atoms with Gasteiger partial charge < -0.3 is 4.42 Å². The van der Waals surface area contributed by atoms with Crippen LogP contribution in [0, 0.1) is 11.8 Å². The monoisotopic (exact) mass is 424 g/mol. The zero-order chi connectivity index (χ0) is 20.3. The van der Waals surface area contributed by atoms with Crippen LogP contribution in [-0.4, -0.2) is 48.2 Å². The molecule has 8 nitrogen and oxygen atoms in total. The van der Waals surface area contributed by atoms with Gasteiger partial charge in [-0.3, -0.25) is 10.1 Å². The highest BCUT2D eigenvalue weighted by Gasteiger charge is 2.31. The highest BCUT2D eigenvalue weighted by atomic mass is 32.2. The third-order valence-electron chi connectivity index (χ3n) is 4.54. The molecule has 0 spiro atoms. The predicted octanol–water partition coefficient (Wildman–Crippen LogP) is 2.85. The van der Waals surface area contributed by atoms with Crippen LogP contribution < -0.4 is 5.32 Å². The van der Waals surface area contributed by atoms with Gasteiger partial charge in [0.1, 0.15) is 0 Å². The number of carbonyl (C=O) groups is 1. The second-order valence-corrected chi connectivity index (χ2v) is 9.98. The molecule has 2 atom stereocenters. The average molecular weight is 425 g/mol. The lowest BCUT2D eigenvalue weighted by molar-refractivity contribution is 0.102. The molecule has 1 amide bonds. The van der Waals surface area contributed by atoms with Crippen LogP contribution in [0.3, 0.4) is 0 Å². The van der Waals surface area contributed by atoms with E-state index in [0.29, 0.717) is 42.1 Å². The van der Waals surface area contributed by atoms with Crippen LogP contribution in [0.25, 0.3) is 0 Å². The molecular formula is C18H24N4O4S2. The predicted molar refractivity (Wildman–Crippen MR) is 108 cm³/mol. The van der Waals surface area contributed by atoms with E-state index in [2.05, 4.69) is 29.4 Å². The maximum absolute atomic E-state index is 12.9. The lowest BCUT2D eigenvalue weighted by atomic mass is 9.94. The number of rotatable bonds is 6. The van der Waals surface area contributed by atoms with E-state index < -0.39 is 15.9 Å². The van der Waals surface area contributed by atoms with Crippen molar-refractivity contribution < 1.29 is 17.6 Å². The van der Waals surface area contributed by atoms with E-state index in [4.69, 9.17) is 4.42 Å². The van der Waals surface area contributed by atoms with E-state index in [0.717, 1.165) is 6.42 Å².